The fourth-order valence-corrected chi connectivity index (χ4v) is 4.58. The first-order valence-corrected chi connectivity index (χ1v) is 7.24. The van der Waals surface area contributed by atoms with Crippen molar-refractivity contribution in [3.63, 3.8) is 0 Å². The molecule has 2 bridgehead atoms. The van der Waals surface area contributed by atoms with Crippen molar-refractivity contribution in [2.45, 2.75) is 42.3 Å². The quantitative estimate of drug-likeness (QED) is 0.713. The smallest absolute Gasteiger partial charge is 0.142 e. The lowest BCUT2D eigenvalue weighted by molar-refractivity contribution is -0.125. The predicted molar refractivity (Wildman–Crippen MR) is 72.4 cm³/mol. The molecule has 2 aliphatic rings. The van der Waals surface area contributed by atoms with Gasteiger partial charge in [-0.15, -0.1) is 0 Å². The van der Waals surface area contributed by atoms with E-state index in [9.17, 15) is 4.79 Å². The lowest BCUT2D eigenvalue weighted by atomic mass is 9.64. The van der Waals surface area contributed by atoms with Crippen LogP contribution in [0.1, 0.15) is 43.6 Å². The van der Waals surface area contributed by atoms with E-state index in [0.717, 1.165) is 12.8 Å². The number of Topliss-reactive ketones (excluding diaryl/α,β-unsaturated/α-hetero) is 1. The molecular weight excluding hydrogens is 276 g/mol. The van der Waals surface area contributed by atoms with E-state index in [-0.39, 0.29) is 10.2 Å². The highest BCUT2D eigenvalue weighted by atomic mass is 79.9. The number of ketones is 1. The van der Waals surface area contributed by atoms with Gasteiger partial charge in [0.25, 0.3) is 0 Å². The molecule has 2 saturated carbocycles. The second-order valence-corrected chi connectivity index (χ2v) is 7.22. The summed E-state index contributed by atoms with van der Waals surface area (Å²) in [5, 5.41) is 0. The van der Waals surface area contributed by atoms with E-state index in [1.807, 2.05) is 18.2 Å². The minimum atomic E-state index is 0.123. The van der Waals surface area contributed by atoms with Gasteiger partial charge < -0.3 is 0 Å². The van der Waals surface area contributed by atoms with Crippen molar-refractivity contribution in [3.8, 4) is 0 Å². The third-order valence-corrected chi connectivity index (χ3v) is 5.30. The van der Waals surface area contributed by atoms with Crippen LogP contribution >= 0.6 is 15.9 Å². The van der Waals surface area contributed by atoms with Gasteiger partial charge in [0, 0.05) is 16.7 Å². The molecule has 3 rings (SSSR count). The van der Waals surface area contributed by atoms with Crippen molar-refractivity contribution in [1.29, 1.82) is 0 Å². The summed E-state index contributed by atoms with van der Waals surface area (Å²) in [7, 11) is 0. The van der Waals surface area contributed by atoms with Gasteiger partial charge in [-0.25, -0.2) is 0 Å². The van der Waals surface area contributed by atoms with Crippen LogP contribution in [0.15, 0.2) is 30.3 Å². The molecule has 0 radical (unpaired) electrons. The Bertz CT molecular complexity index is 428. The maximum Gasteiger partial charge on any atom is 0.142 e. The Morgan fingerprint density at radius 3 is 2.76 bits per heavy atom. The first-order valence-electron chi connectivity index (χ1n) is 6.45. The van der Waals surface area contributed by atoms with Crippen molar-refractivity contribution < 1.29 is 4.79 Å². The third kappa shape index (κ3) is 2.08. The second kappa shape index (κ2) is 4.24. The molecule has 0 spiro atoms. The Hall–Kier alpha value is -0.630. The minimum absolute atomic E-state index is 0.123. The standard InChI is InChI=1S/C15H17BrO/c16-15-8-4-7-12(9-15)14(13(17)10-15)11-5-2-1-3-6-11/h1-3,5-6,12,14H,4,7-10H2/t12-,14-,15-/m0/s1. The van der Waals surface area contributed by atoms with Crippen LogP contribution in [0.2, 0.25) is 0 Å². The van der Waals surface area contributed by atoms with E-state index in [2.05, 4.69) is 28.1 Å². The molecule has 1 nitrogen and oxygen atoms in total. The Balaban J connectivity index is 1.93. The van der Waals surface area contributed by atoms with Crippen molar-refractivity contribution in [1.82, 2.24) is 0 Å². The highest BCUT2D eigenvalue weighted by Gasteiger charge is 2.46. The first-order chi connectivity index (χ1) is 8.18. The van der Waals surface area contributed by atoms with Gasteiger partial charge in [0.05, 0.1) is 0 Å². The van der Waals surface area contributed by atoms with E-state index in [4.69, 9.17) is 0 Å². The van der Waals surface area contributed by atoms with Crippen molar-refractivity contribution in [2.75, 3.05) is 0 Å². The van der Waals surface area contributed by atoms with Gasteiger partial charge in [0.1, 0.15) is 5.78 Å². The van der Waals surface area contributed by atoms with E-state index in [1.165, 1.54) is 18.4 Å². The van der Waals surface area contributed by atoms with E-state index in [0.29, 0.717) is 18.1 Å². The molecule has 0 unspecified atom stereocenters. The lowest BCUT2D eigenvalue weighted by Gasteiger charge is -2.44. The zero-order valence-corrected chi connectivity index (χ0v) is 11.4. The van der Waals surface area contributed by atoms with Crippen LogP contribution < -0.4 is 0 Å². The molecule has 17 heavy (non-hydrogen) atoms. The molecule has 0 aromatic heterocycles. The van der Waals surface area contributed by atoms with Crippen LogP contribution in [0.5, 0.6) is 0 Å². The summed E-state index contributed by atoms with van der Waals surface area (Å²) < 4.78 is 0.123. The summed E-state index contributed by atoms with van der Waals surface area (Å²) in [5.74, 6) is 1.14. The fraction of sp³-hybridized carbons (Fsp3) is 0.533. The molecule has 3 atom stereocenters. The van der Waals surface area contributed by atoms with Crippen LogP contribution in [-0.4, -0.2) is 10.1 Å². The van der Waals surface area contributed by atoms with Crippen molar-refractivity contribution in [2.24, 2.45) is 5.92 Å². The van der Waals surface area contributed by atoms with Gasteiger partial charge in [-0.3, -0.25) is 4.79 Å². The molecule has 0 saturated heterocycles. The van der Waals surface area contributed by atoms with Crippen LogP contribution in [-0.2, 0) is 4.79 Å². The van der Waals surface area contributed by atoms with Crippen LogP contribution in [0.3, 0.4) is 0 Å². The molecule has 0 heterocycles. The molecule has 1 aromatic rings. The SMILES string of the molecule is O=C1C[C@]2(Br)CCC[C@@H](C2)[C@@H]1c1ccccc1. The molecule has 0 amide bonds. The number of fused-ring (bicyclic) bond motifs is 2. The summed E-state index contributed by atoms with van der Waals surface area (Å²) in [5.41, 5.74) is 1.22. The van der Waals surface area contributed by atoms with E-state index >= 15 is 0 Å². The summed E-state index contributed by atoms with van der Waals surface area (Å²) in [6.45, 7) is 0. The van der Waals surface area contributed by atoms with Crippen molar-refractivity contribution in [3.05, 3.63) is 35.9 Å². The van der Waals surface area contributed by atoms with Gasteiger partial charge >= 0.3 is 0 Å². The number of halogens is 1. The largest absolute Gasteiger partial charge is 0.299 e. The minimum Gasteiger partial charge on any atom is -0.299 e. The normalized spacial score (nSPS) is 36.9. The number of hydrogen-bond acceptors (Lipinski definition) is 1. The first kappa shape index (κ1) is 11.5. The Kier molecular flexibility index (Phi) is 2.86. The Labute approximate surface area is 111 Å². The molecule has 2 fully saturated rings. The van der Waals surface area contributed by atoms with Crippen molar-refractivity contribution >= 4 is 21.7 Å². The molecule has 2 heteroatoms. The Morgan fingerprint density at radius 2 is 2.00 bits per heavy atom. The molecule has 2 aliphatic carbocycles. The van der Waals surface area contributed by atoms with Crippen LogP contribution in [0.25, 0.3) is 0 Å². The summed E-state index contributed by atoms with van der Waals surface area (Å²) in [4.78, 5) is 12.4. The molecule has 0 N–H and O–H groups in total. The van der Waals surface area contributed by atoms with E-state index in [1.54, 1.807) is 0 Å². The molecule has 1 aromatic carbocycles. The summed E-state index contributed by atoms with van der Waals surface area (Å²) in [6.07, 6.45) is 5.50. The van der Waals surface area contributed by atoms with Gasteiger partial charge in [-0.05, 0) is 30.7 Å². The lowest BCUT2D eigenvalue weighted by Crippen LogP contribution is -2.42. The van der Waals surface area contributed by atoms with Gasteiger partial charge in [0.2, 0.25) is 0 Å². The zero-order valence-electron chi connectivity index (χ0n) is 9.86. The maximum atomic E-state index is 12.4. The highest BCUT2D eigenvalue weighted by molar-refractivity contribution is 9.10. The fourth-order valence-electron chi connectivity index (χ4n) is 3.60. The number of hydrogen-bond donors (Lipinski definition) is 0. The molecule has 90 valence electrons. The van der Waals surface area contributed by atoms with Gasteiger partial charge in [-0.2, -0.15) is 0 Å². The molecular formula is C15H17BrO. The average molecular weight is 293 g/mol. The van der Waals surface area contributed by atoms with Gasteiger partial charge in [-0.1, -0.05) is 52.7 Å². The highest BCUT2D eigenvalue weighted by Crippen LogP contribution is 2.51. The average Bonchev–Trinajstić information content (AvgIpc) is 2.29. The monoisotopic (exact) mass is 292 g/mol. The third-order valence-electron chi connectivity index (χ3n) is 4.30. The maximum absolute atomic E-state index is 12.4. The van der Waals surface area contributed by atoms with E-state index < -0.39 is 0 Å². The van der Waals surface area contributed by atoms with Gasteiger partial charge in [0.15, 0.2) is 0 Å². The van der Waals surface area contributed by atoms with Crippen LogP contribution in [0.4, 0.5) is 0 Å². The second-order valence-electron chi connectivity index (χ2n) is 5.54. The summed E-state index contributed by atoms with van der Waals surface area (Å²) >= 11 is 3.81. The number of alkyl halides is 1. The topological polar surface area (TPSA) is 17.1 Å². The number of rotatable bonds is 1. The Morgan fingerprint density at radius 1 is 1.24 bits per heavy atom. The predicted octanol–water partition coefficient (Wildman–Crippen LogP) is 4.07. The number of benzene rings is 1. The number of carbonyl (C=O) groups is 1. The number of carbonyl (C=O) groups excluding carboxylic acids is 1. The zero-order chi connectivity index (χ0) is 11.9. The van der Waals surface area contributed by atoms with Crippen LogP contribution in [0, 0.1) is 5.92 Å². The summed E-state index contributed by atoms with van der Waals surface area (Å²) in [6, 6.07) is 10.3. The molecule has 0 aliphatic heterocycles.